The van der Waals surface area contributed by atoms with Gasteiger partial charge >= 0.3 is 5.97 Å². The van der Waals surface area contributed by atoms with Gasteiger partial charge in [-0.25, -0.2) is 0 Å². The summed E-state index contributed by atoms with van der Waals surface area (Å²) >= 11 is 12.5. The first-order valence-electron chi connectivity index (χ1n) is 9.92. The molecule has 0 bridgehead atoms. The van der Waals surface area contributed by atoms with Gasteiger partial charge in [-0.1, -0.05) is 23.2 Å². The zero-order valence-electron chi connectivity index (χ0n) is 16.8. The average Bonchev–Trinajstić information content (AvgIpc) is 2.72. The Labute approximate surface area is 197 Å². The Kier molecular flexibility index (Phi) is 8.30. The molecule has 0 unspecified atom stereocenters. The number of carbonyl (C=O) groups is 1. The van der Waals surface area contributed by atoms with Gasteiger partial charge in [0.15, 0.2) is 0 Å². The Bertz CT molecular complexity index is 873. The third kappa shape index (κ3) is 5.76. The summed E-state index contributed by atoms with van der Waals surface area (Å²) < 4.78 is 17.8. The monoisotopic (exact) mass is 487 g/mol. The Morgan fingerprint density at radius 3 is 2.29 bits per heavy atom. The molecule has 0 aliphatic carbocycles. The van der Waals surface area contributed by atoms with E-state index >= 15 is 0 Å². The van der Waals surface area contributed by atoms with E-state index in [4.69, 9.17) is 37.4 Å². The molecule has 6 nitrogen and oxygen atoms in total. The molecule has 2 aromatic carbocycles. The first kappa shape index (κ1) is 24.0. The summed E-state index contributed by atoms with van der Waals surface area (Å²) in [5, 5.41) is 10.5. The molecule has 1 N–H and O–H groups in total. The topological polar surface area (TPSA) is 68.2 Å². The van der Waals surface area contributed by atoms with Gasteiger partial charge in [-0.3, -0.25) is 4.79 Å². The second-order valence-electron chi connectivity index (χ2n) is 7.50. The van der Waals surface area contributed by atoms with Gasteiger partial charge in [-0.05, 0) is 55.8 Å². The van der Waals surface area contributed by atoms with E-state index in [0.717, 1.165) is 30.5 Å². The molecule has 2 aliphatic heterocycles. The number of benzene rings is 2. The average molecular weight is 489 g/mol. The van der Waals surface area contributed by atoms with Gasteiger partial charge in [0, 0.05) is 34.3 Å². The van der Waals surface area contributed by atoms with E-state index in [1.807, 2.05) is 12.1 Å². The van der Waals surface area contributed by atoms with E-state index in [1.165, 1.54) is 0 Å². The number of fused-ring (bicyclic) bond motifs is 2. The van der Waals surface area contributed by atoms with Gasteiger partial charge < -0.3 is 24.2 Å². The summed E-state index contributed by atoms with van der Waals surface area (Å²) in [5.41, 5.74) is 1.60. The Hall–Kier alpha value is -1.70. The Morgan fingerprint density at radius 2 is 1.71 bits per heavy atom. The lowest BCUT2D eigenvalue weighted by atomic mass is 9.98. The fourth-order valence-electron chi connectivity index (χ4n) is 3.97. The number of likely N-dealkylation sites (tertiary alicyclic amines) is 1. The Morgan fingerprint density at radius 1 is 1.10 bits per heavy atom. The molecular weight excluding hydrogens is 465 g/mol. The van der Waals surface area contributed by atoms with E-state index < -0.39 is 12.1 Å². The van der Waals surface area contributed by atoms with Crippen molar-refractivity contribution in [1.82, 2.24) is 4.90 Å². The molecule has 0 spiro atoms. The third-order valence-electron chi connectivity index (χ3n) is 5.48. The van der Waals surface area contributed by atoms with Crippen LogP contribution in [0.15, 0.2) is 36.4 Å². The number of hydrogen-bond donors (Lipinski definition) is 1. The van der Waals surface area contributed by atoms with E-state index in [2.05, 4.69) is 4.90 Å². The molecule has 0 aromatic heterocycles. The van der Waals surface area contributed by atoms with Crippen molar-refractivity contribution in [2.45, 2.75) is 18.9 Å². The van der Waals surface area contributed by atoms with Crippen molar-refractivity contribution in [3.8, 4) is 11.5 Å². The molecule has 1 fully saturated rings. The normalized spacial score (nSPS) is 19.0. The van der Waals surface area contributed by atoms with Gasteiger partial charge in [0.05, 0.1) is 12.5 Å². The van der Waals surface area contributed by atoms with Crippen LogP contribution in [-0.4, -0.2) is 49.0 Å². The van der Waals surface area contributed by atoms with Crippen molar-refractivity contribution in [1.29, 1.82) is 0 Å². The van der Waals surface area contributed by atoms with Gasteiger partial charge in [0.25, 0.3) is 0 Å². The van der Waals surface area contributed by atoms with Crippen LogP contribution in [0.1, 0.15) is 30.1 Å². The maximum Gasteiger partial charge on any atom is 0.307 e. The van der Waals surface area contributed by atoms with Crippen LogP contribution in [0.5, 0.6) is 11.5 Å². The number of ether oxygens (including phenoxy) is 3. The molecule has 168 valence electrons. The van der Waals surface area contributed by atoms with Crippen molar-refractivity contribution in [2.75, 3.05) is 33.0 Å². The lowest BCUT2D eigenvalue weighted by Crippen LogP contribution is -2.40. The van der Waals surface area contributed by atoms with Crippen molar-refractivity contribution in [3.63, 3.8) is 0 Å². The number of carboxylic acid groups (broad SMARTS) is 1. The maximum atomic E-state index is 11.3. The second kappa shape index (κ2) is 10.7. The number of rotatable bonds is 5. The van der Waals surface area contributed by atoms with Crippen LogP contribution in [0.3, 0.4) is 0 Å². The SMILES string of the molecule is Cl.O=C(O)[C@@H]1CCCN(CCOC2c3cc(Cl)ccc3OCOc3ccc(Cl)cc32)C1. The predicted octanol–water partition coefficient (Wildman–Crippen LogP) is 5.05. The fourth-order valence-corrected chi connectivity index (χ4v) is 4.34. The lowest BCUT2D eigenvalue weighted by Gasteiger charge is -2.31. The summed E-state index contributed by atoms with van der Waals surface area (Å²) in [6, 6.07) is 10.8. The number of halogens is 3. The minimum Gasteiger partial charge on any atom is -0.481 e. The van der Waals surface area contributed by atoms with Crippen molar-refractivity contribution in [2.24, 2.45) is 5.92 Å². The fraction of sp³-hybridized carbons (Fsp3) is 0.409. The number of aliphatic carboxylic acids is 1. The molecule has 0 radical (unpaired) electrons. The number of nitrogens with zero attached hydrogens (tertiary/aromatic N) is 1. The summed E-state index contributed by atoms with van der Waals surface area (Å²) in [6.45, 7) is 2.53. The van der Waals surface area contributed by atoms with Crippen LogP contribution >= 0.6 is 35.6 Å². The molecule has 9 heteroatoms. The number of piperidine rings is 1. The molecule has 2 aromatic rings. The van der Waals surface area contributed by atoms with Crippen LogP contribution < -0.4 is 9.47 Å². The quantitative estimate of drug-likeness (QED) is 0.635. The van der Waals surface area contributed by atoms with E-state index in [1.54, 1.807) is 24.3 Å². The first-order valence-corrected chi connectivity index (χ1v) is 10.7. The summed E-state index contributed by atoms with van der Waals surface area (Å²) in [4.78, 5) is 13.5. The highest BCUT2D eigenvalue weighted by Gasteiger charge is 2.28. The maximum absolute atomic E-state index is 11.3. The molecule has 0 saturated carbocycles. The van der Waals surface area contributed by atoms with Crippen molar-refractivity contribution >= 4 is 41.6 Å². The molecular formula is C22H24Cl3NO5. The predicted molar refractivity (Wildman–Crippen MR) is 121 cm³/mol. The summed E-state index contributed by atoms with van der Waals surface area (Å²) in [6.07, 6.45) is 1.12. The molecule has 4 rings (SSSR count). The van der Waals surface area contributed by atoms with Gasteiger partial charge in [-0.2, -0.15) is 0 Å². The summed E-state index contributed by atoms with van der Waals surface area (Å²) in [7, 11) is 0. The molecule has 2 aliphatic rings. The van der Waals surface area contributed by atoms with Crippen LogP contribution in [0.2, 0.25) is 10.0 Å². The van der Waals surface area contributed by atoms with Crippen LogP contribution in [0.4, 0.5) is 0 Å². The minimum absolute atomic E-state index is 0. The van der Waals surface area contributed by atoms with Gasteiger partial charge in [0.2, 0.25) is 6.79 Å². The zero-order chi connectivity index (χ0) is 21.1. The third-order valence-corrected chi connectivity index (χ3v) is 5.95. The van der Waals surface area contributed by atoms with E-state index in [-0.39, 0.29) is 25.1 Å². The molecule has 1 atom stereocenters. The summed E-state index contributed by atoms with van der Waals surface area (Å²) in [5.74, 6) is 0.223. The van der Waals surface area contributed by atoms with Crippen molar-refractivity contribution < 1.29 is 24.1 Å². The zero-order valence-corrected chi connectivity index (χ0v) is 19.1. The second-order valence-corrected chi connectivity index (χ2v) is 8.37. The molecule has 1 saturated heterocycles. The van der Waals surface area contributed by atoms with Crippen LogP contribution in [0, 0.1) is 5.92 Å². The van der Waals surface area contributed by atoms with Crippen molar-refractivity contribution in [3.05, 3.63) is 57.6 Å². The lowest BCUT2D eigenvalue weighted by molar-refractivity contribution is -0.143. The largest absolute Gasteiger partial charge is 0.481 e. The highest BCUT2D eigenvalue weighted by atomic mass is 35.5. The Balaban J connectivity index is 0.00000272. The van der Waals surface area contributed by atoms with E-state index in [9.17, 15) is 9.90 Å². The number of hydrogen-bond acceptors (Lipinski definition) is 5. The number of carboxylic acids is 1. The van der Waals surface area contributed by atoms with E-state index in [0.29, 0.717) is 41.2 Å². The molecule has 0 amide bonds. The van der Waals surface area contributed by atoms with Crippen LogP contribution in [0.25, 0.3) is 0 Å². The highest BCUT2D eigenvalue weighted by Crippen LogP contribution is 2.41. The van der Waals surface area contributed by atoms with Gasteiger partial charge in [-0.15, -0.1) is 12.4 Å². The van der Waals surface area contributed by atoms with Gasteiger partial charge in [0.1, 0.15) is 17.6 Å². The molecule has 31 heavy (non-hydrogen) atoms. The van der Waals surface area contributed by atoms with Crippen LogP contribution in [-0.2, 0) is 9.53 Å². The smallest absolute Gasteiger partial charge is 0.307 e. The molecule has 2 heterocycles. The highest BCUT2D eigenvalue weighted by molar-refractivity contribution is 6.31. The minimum atomic E-state index is -0.734. The standard InChI is InChI=1S/C22H23Cl2NO5.ClH/c23-15-3-5-19-17(10-15)21(18-11-16(24)4-6-20(18)30-13-29-19)28-9-8-25-7-1-2-14(12-25)22(26)27;/h3-6,10-11,14,21H,1-2,7-9,12-13H2,(H,26,27);1H/t14-;/m1./s1. The first-order chi connectivity index (χ1) is 14.5.